The molecule has 3 aromatic carbocycles. The first-order chi connectivity index (χ1) is 16.3. The first-order valence-electron chi connectivity index (χ1n) is 10.5. The Kier molecular flexibility index (Phi) is 7.78. The van der Waals surface area contributed by atoms with E-state index >= 15 is 0 Å². The third-order valence-corrected chi connectivity index (χ3v) is 6.77. The molecule has 0 saturated carbocycles. The Bertz CT molecular complexity index is 1350. The summed E-state index contributed by atoms with van der Waals surface area (Å²) in [6.45, 7) is 4.26. The summed E-state index contributed by atoms with van der Waals surface area (Å²) in [5, 5.41) is 7.04. The van der Waals surface area contributed by atoms with Crippen LogP contribution in [0.5, 0.6) is 0 Å². The highest BCUT2D eigenvalue weighted by Crippen LogP contribution is 2.33. The number of thioether (sulfide) groups is 1. The average molecular weight is 531 g/mol. The van der Waals surface area contributed by atoms with E-state index in [9.17, 15) is 4.79 Å². The van der Waals surface area contributed by atoms with Crippen LogP contribution in [-0.2, 0) is 4.79 Å². The van der Waals surface area contributed by atoms with Gasteiger partial charge in [0, 0.05) is 15.6 Å². The van der Waals surface area contributed by atoms with E-state index < -0.39 is 0 Å². The lowest BCUT2D eigenvalue weighted by atomic mass is 10.0. The number of thiocarbonyl (C=S) groups is 1. The van der Waals surface area contributed by atoms with Crippen molar-refractivity contribution in [3.8, 4) is 11.5 Å². The van der Waals surface area contributed by atoms with E-state index in [1.807, 2.05) is 30.3 Å². The van der Waals surface area contributed by atoms with Crippen molar-refractivity contribution in [2.75, 3.05) is 11.1 Å². The lowest BCUT2D eigenvalue weighted by Crippen LogP contribution is -2.35. The topological polar surface area (TPSA) is 67.2 Å². The van der Waals surface area contributed by atoms with Gasteiger partial charge in [-0.15, -0.1) is 11.8 Å². The van der Waals surface area contributed by atoms with Gasteiger partial charge in [-0.1, -0.05) is 43.1 Å². The van der Waals surface area contributed by atoms with Gasteiger partial charge in [0.1, 0.15) is 5.52 Å². The van der Waals surface area contributed by atoms with Gasteiger partial charge in [-0.3, -0.25) is 4.79 Å². The standard InChI is InChI=1S/C25H21Cl2N3O2S2/c1-14(2)15-3-10-22-21(11-15)29-24(32-22)19-12-17(6-9-20(19)27)28-25(33)30-23(31)13-34-18-7-4-16(26)5-8-18/h3-12,14H,13H2,1-2H3,(H2,28,30,31,33). The molecule has 174 valence electrons. The highest BCUT2D eigenvalue weighted by atomic mass is 35.5. The molecule has 0 radical (unpaired) electrons. The number of benzene rings is 3. The number of amides is 1. The summed E-state index contributed by atoms with van der Waals surface area (Å²) in [7, 11) is 0. The summed E-state index contributed by atoms with van der Waals surface area (Å²) in [5.74, 6) is 0.809. The minimum absolute atomic E-state index is 0.189. The molecular weight excluding hydrogens is 509 g/mol. The van der Waals surface area contributed by atoms with Gasteiger partial charge in [-0.2, -0.15) is 0 Å². The van der Waals surface area contributed by atoms with Crippen molar-refractivity contribution in [3.63, 3.8) is 0 Å². The van der Waals surface area contributed by atoms with Crippen molar-refractivity contribution in [1.29, 1.82) is 0 Å². The number of carbonyl (C=O) groups is 1. The van der Waals surface area contributed by atoms with Crippen LogP contribution in [0.15, 0.2) is 70.0 Å². The minimum Gasteiger partial charge on any atom is -0.436 e. The summed E-state index contributed by atoms with van der Waals surface area (Å²) >= 11 is 19.0. The monoisotopic (exact) mass is 529 g/mol. The molecule has 0 saturated heterocycles. The van der Waals surface area contributed by atoms with E-state index in [0.29, 0.717) is 38.7 Å². The van der Waals surface area contributed by atoms with Crippen molar-refractivity contribution >= 4 is 75.0 Å². The van der Waals surface area contributed by atoms with Crippen LogP contribution >= 0.6 is 47.2 Å². The van der Waals surface area contributed by atoms with Crippen LogP contribution in [0.25, 0.3) is 22.6 Å². The molecule has 9 heteroatoms. The lowest BCUT2D eigenvalue weighted by Gasteiger charge is -2.11. The third-order valence-electron chi connectivity index (χ3n) is 4.97. The van der Waals surface area contributed by atoms with Crippen LogP contribution in [0.4, 0.5) is 5.69 Å². The molecule has 2 N–H and O–H groups in total. The number of hydrogen-bond acceptors (Lipinski definition) is 5. The fraction of sp³-hybridized carbons (Fsp3) is 0.160. The number of rotatable bonds is 6. The number of fused-ring (bicyclic) bond motifs is 1. The lowest BCUT2D eigenvalue weighted by molar-refractivity contribution is -0.117. The molecule has 0 unspecified atom stereocenters. The van der Waals surface area contributed by atoms with Gasteiger partial charge in [0.05, 0.1) is 16.3 Å². The van der Waals surface area contributed by atoms with Crippen molar-refractivity contribution < 1.29 is 9.21 Å². The summed E-state index contributed by atoms with van der Waals surface area (Å²) in [5.41, 5.74) is 3.93. The van der Waals surface area contributed by atoms with Crippen LogP contribution in [0.1, 0.15) is 25.3 Å². The van der Waals surface area contributed by atoms with E-state index in [4.69, 9.17) is 39.8 Å². The average Bonchev–Trinajstić information content (AvgIpc) is 3.23. The van der Waals surface area contributed by atoms with E-state index in [1.54, 1.807) is 30.3 Å². The van der Waals surface area contributed by atoms with Gasteiger partial charge in [0.15, 0.2) is 10.7 Å². The Balaban J connectivity index is 1.42. The second-order valence-electron chi connectivity index (χ2n) is 7.84. The summed E-state index contributed by atoms with van der Waals surface area (Å²) in [6.07, 6.45) is 0. The molecule has 0 aliphatic heterocycles. The normalized spacial score (nSPS) is 11.1. The summed E-state index contributed by atoms with van der Waals surface area (Å²) in [4.78, 5) is 17.8. The van der Waals surface area contributed by atoms with Gasteiger partial charge < -0.3 is 15.1 Å². The molecule has 0 bridgehead atoms. The fourth-order valence-electron chi connectivity index (χ4n) is 3.19. The number of halogens is 2. The summed E-state index contributed by atoms with van der Waals surface area (Å²) < 4.78 is 5.94. The largest absolute Gasteiger partial charge is 0.436 e. The quantitative estimate of drug-likeness (QED) is 0.198. The maximum atomic E-state index is 12.3. The van der Waals surface area contributed by atoms with Crippen molar-refractivity contribution in [2.24, 2.45) is 0 Å². The van der Waals surface area contributed by atoms with Crippen molar-refractivity contribution in [1.82, 2.24) is 10.3 Å². The Hall–Kier alpha value is -2.58. The molecule has 1 heterocycles. The first-order valence-corrected chi connectivity index (χ1v) is 12.6. The molecule has 0 aliphatic carbocycles. The molecule has 1 amide bonds. The number of aromatic nitrogens is 1. The zero-order valence-corrected chi connectivity index (χ0v) is 21.5. The Morgan fingerprint density at radius 3 is 2.59 bits per heavy atom. The van der Waals surface area contributed by atoms with Gasteiger partial charge >= 0.3 is 0 Å². The number of anilines is 1. The first kappa shape index (κ1) is 24.5. The van der Waals surface area contributed by atoms with Gasteiger partial charge in [-0.05, 0) is 78.3 Å². The Labute approximate surface area is 217 Å². The number of carbonyl (C=O) groups excluding carboxylic acids is 1. The Morgan fingerprint density at radius 2 is 1.85 bits per heavy atom. The van der Waals surface area contributed by atoms with E-state index in [1.165, 1.54) is 17.3 Å². The maximum Gasteiger partial charge on any atom is 0.236 e. The molecular formula is C25H21Cl2N3O2S2. The molecule has 34 heavy (non-hydrogen) atoms. The van der Waals surface area contributed by atoms with Crippen LogP contribution in [0.2, 0.25) is 10.0 Å². The number of oxazole rings is 1. The van der Waals surface area contributed by atoms with E-state index in [0.717, 1.165) is 10.4 Å². The molecule has 4 rings (SSSR count). The van der Waals surface area contributed by atoms with Crippen LogP contribution in [0, 0.1) is 0 Å². The summed E-state index contributed by atoms with van der Waals surface area (Å²) in [6, 6.07) is 18.6. The number of nitrogens with zero attached hydrogens (tertiary/aromatic N) is 1. The van der Waals surface area contributed by atoms with E-state index in [-0.39, 0.29) is 16.8 Å². The predicted octanol–water partition coefficient (Wildman–Crippen LogP) is 7.53. The van der Waals surface area contributed by atoms with Gasteiger partial charge in [0.25, 0.3) is 0 Å². The molecule has 0 spiro atoms. The fourth-order valence-corrected chi connectivity index (χ4v) is 4.44. The van der Waals surface area contributed by atoms with E-state index in [2.05, 4.69) is 29.5 Å². The zero-order valence-electron chi connectivity index (χ0n) is 18.4. The smallest absolute Gasteiger partial charge is 0.236 e. The van der Waals surface area contributed by atoms with Crippen LogP contribution in [0.3, 0.4) is 0 Å². The highest BCUT2D eigenvalue weighted by molar-refractivity contribution is 8.00. The molecule has 0 atom stereocenters. The van der Waals surface area contributed by atoms with Gasteiger partial charge in [-0.25, -0.2) is 4.98 Å². The van der Waals surface area contributed by atoms with Crippen LogP contribution < -0.4 is 10.6 Å². The molecule has 4 aromatic rings. The highest BCUT2D eigenvalue weighted by Gasteiger charge is 2.14. The molecule has 0 aliphatic rings. The second-order valence-corrected chi connectivity index (χ2v) is 10.1. The Morgan fingerprint density at radius 1 is 1.09 bits per heavy atom. The number of hydrogen-bond donors (Lipinski definition) is 2. The number of nitrogens with one attached hydrogen (secondary N) is 2. The zero-order chi connectivity index (χ0) is 24.2. The van der Waals surface area contributed by atoms with Crippen molar-refractivity contribution in [2.45, 2.75) is 24.7 Å². The SMILES string of the molecule is CC(C)c1ccc2oc(-c3cc(NC(=S)NC(=O)CSc4ccc(Cl)cc4)ccc3Cl)nc2c1. The third kappa shape index (κ3) is 6.10. The predicted molar refractivity (Wildman–Crippen MR) is 145 cm³/mol. The van der Waals surface area contributed by atoms with Crippen molar-refractivity contribution in [3.05, 3.63) is 76.3 Å². The van der Waals surface area contributed by atoms with Crippen LogP contribution in [-0.4, -0.2) is 21.8 Å². The minimum atomic E-state index is -0.216. The van der Waals surface area contributed by atoms with Gasteiger partial charge in [0.2, 0.25) is 11.8 Å². The maximum absolute atomic E-state index is 12.3. The molecule has 5 nitrogen and oxygen atoms in total. The molecule has 0 fully saturated rings. The molecule has 1 aromatic heterocycles. The second kappa shape index (κ2) is 10.8.